The molecule has 1 aliphatic heterocycles. The second-order valence-electron chi connectivity index (χ2n) is 12.5. The smallest absolute Gasteiger partial charge is 0.264 e. The minimum Gasteiger partial charge on any atom is -0.486 e. The summed E-state index contributed by atoms with van der Waals surface area (Å²) in [5, 5.41) is 3.62. The van der Waals surface area contributed by atoms with Crippen molar-refractivity contribution in [1.29, 1.82) is 0 Å². The first-order valence-electron chi connectivity index (χ1n) is 15.5. The lowest BCUT2D eigenvalue weighted by Gasteiger charge is -2.35. The van der Waals surface area contributed by atoms with Crippen molar-refractivity contribution in [2.24, 2.45) is 0 Å². The zero-order valence-corrected chi connectivity index (χ0v) is 29.5. The molecule has 0 saturated carbocycles. The first-order chi connectivity index (χ1) is 23.2. The largest absolute Gasteiger partial charge is 0.486 e. The summed E-state index contributed by atoms with van der Waals surface area (Å²) in [6.45, 7) is 5.13. The average Bonchev–Trinajstić information content (AvgIpc) is 3.06. The van der Waals surface area contributed by atoms with Crippen LogP contribution in [0.15, 0.2) is 95.9 Å². The van der Waals surface area contributed by atoms with Crippen molar-refractivity contribution in [2.45, 2.75) is 50.2 Å². The summed E-state index contributed by atoms with van der Waals surface area (Å²) in [6, 6.07) is 21.8. The predicted molar refractivity (Wildman–Crippen MR) is 187 cm³/mol. The lowest BCUT2D eigenvalue weighted by atomic mass is 10.0. The van der Waals surface area contributed by atoms with Gasteiger partial charge in [-0.25, -0.2) is 12.8 Å². The van der Waals surface area contributed by atoms with E-state index < -0.39 is 45.8 Å². The van der Waals surface area contributed by atoms with Crippen LogP contribution < -0.4 is 19.1 Å². The van der Waals surface area contributed by atoms with E-state index in [9.17, 15) is 22.4 Å². The van der Waals surface area contributed by atoms with Crippen molar-refractivity contribution in [3.8, 4) is 11.5 Å². The molecule has 0 aromatic heterocycles. The lowest BCUT2D eigenvalue weighted by Crippen LogP contribution is -2.56. The minimum atomic E-state index is -4.47. The van der Waals surface area contributed by atoms with E-state index in [0.717, 1.165) is 22.0 Å². The molecule has 4 aromatic carbocycles. The Morgan fingerprint density at radius 1 is 0.898 bits per heavy atom. The highest BCUT2D eigenvalue weighted by Gasteiger charge is 2.36. The summed E-state index contributed by atoms with van der Waals surface area (Å²) in [7, 11) is -4.47. The molecule has 0 radical (unpaired) electrons. The van der Waals surface area contributed by atoms with Crippen LogP contribution in [-0.2, 0) is 32.6 Å². The molecule has 1 atom stereocenters. The number of rotatable bonds is 11. The first kappa shape index (κ1) is 36.0. The third-order valence-electron chi connectivity index (χ3n) is 7.62. The predicted octanol–water partition coefficient (Wildman–Crippen LogP) is 6.65. The Hall–Kier alpha value is -4.32. The molecule has 0 unspecified atom stereocenters. The van der Waals surface area contributed by atoms with E-state index in [2.05, 4.69) is 5.32 Å². The van der Waals surface area contributed by atoms with Gasteiger partial charge in [-0.2, -0.15) is 0 Å². The summed E-state index contributed by atoms with van der Waals surface area (Å²) >= 11 is 12.7. The van der Waals surface area contributed by atoms with Gasteiger partial charge in [0, 0.05) is 34.6 Å². The van der Waals surface area contributed by atoms with Crippen LogP contribution in [0.3, 0.4) is 0 Å². The van der Waals surface area contributed by atoms with Gasteiger partial charge in [0.1, 0.15) is 31.6 Å². The van der Waals surface area contributed by atoms with Crippen LogP contribution in [0, 0.1) is 5.82 Å². The summed E-state index contributed by atoms with van der Waals surface area (Å²) in [6.07, 6.45) is 0.116. The summed E-state index contributed by atoms with van der Waals surface area (Å²) in [4.78, 5) is 29.8. The number of carbonyl (C=O) groups excluding carboxylic acids is 2. The number of nitrogens with zero attached hydrogens (tertiary/aromatic N) is 2. The summed E-state index contributed by atoms with van der Waals surface area (Å²) < 4.78 is 54.8. The Morgan fingerprint density at radius 2 is 1.57 bits per heavy atom. The molecule has 1 aliphatic rings. The minimum absolute atomic E-state index is 0.0351. The topological polar surface area (TPSA) is 105 Å². The summed E-state index contributed by atoms with van der Waals surface area (Å²) in [5.41, 5.74) is 0.646. The van der Waals surface area contributed by atoms with Crippen LogP contribution in [0.4, 0.5) is 10.1 Å². The normalized spacial score (nSPS) is 13.3. The number of carbonyl (C=O) groups is 2. The molecule has 258 valence electrons. The maximum absolute atomic E-state index is 14.6. The molecule has 0 aliphatic carbocycles. The maximum atomic E-state index is 14.6. The molecule has 0 saturated heterocycles. The van der Waals surface area contributed by atoms with Gasteiger partial charge in [-0.05, 0) is 80.4 Å². The number of nitrogens with one attached hydrogen (secondary N) is 1. The number of ether oxygens (including phenoxy) is 2. The molecule has 49 heavy (non-hydrogen) atoms. The van der Waals surface area contributed by atoms with E-state index in [1.165, 1.54) is 41.3 Å². The van der Waals surface area contributed by atoms with E-state index in [1.54, 1.807) is 12.1 Å². The molecule has 9 nitrogen and oxygen atoms in total. The molecule has 0 spiro atoms. The van der Waals surface area contributed by atoms with Gasteiger partial charge in [-0.3, -0.25) is 13.9 Å². The van der Waals surface area contributed by atoms with Crippen molar-refractivity contribution in [1.82, 2.24) is 10.2 Å². The fourth-order valence-corrected chi connectivity index (χ4v) is 7.19. The number of fused-ring (bicyclic) bond motifs is 1. The quantitative estimate of drug-likeness (QED) is 0.186. The lowest BCUT2D eigenvalue weighted by molar-refractivity contribution is -0.140. The van der Waals surface area contributed by atoms with Crippen molar-refractivity contribution in [3.05, 3.63) is 118 Å². The zero-order chi connectivity index (χ0) is 35.3. The van der Waals surface area contributed by atoms with Gasteiger partial charge >= 0.3 is 0 Å². The van der Waals surface area contributed by atoms with Crippen molar-refractivity contribution in [2.75, 3.05) is 24.1 Å². The highest BCUT2D eigenvalue weighted by Crippen LogP contribution is 2.34. The number of amides is 2. The van der Waals surface area contributed by atoms with Crippen molar-refractivity contribution >= 4 is 50.7 Å². The van der Waals surface area contributed by atoms with Gasteiger partial charge in [0.25, 0.3) is 10.0 Å². The fourth-order valence-electron chi connectivity index (χ4n) is 5.29. The van der Waals surface area contributed by atoms with Crippen LogP contribution in [0.1, 0.15) is 31.9 Å². The zero-order valence-electron chi connectivity index (χ0n) is 27.2. The molecular weight excluding hydrogens is 692 g/mol. The number of anilines is 1. The molecular formula is C36H36Cl2FN3O6S. The second-order valence-corrected chi connectivity index (χ2v) is 15.2. The van der Waals surface area contributed by atoms with Gasteiger partial charge < -0.3 is 19.7 Å². The molecule has 1 N–H and O–H groups in total. The van der Waals surface area contributed by atoms with E-state index >= 15 is 0 Å². The first-order valence-corrected chi connectivity index (χ1v) is 17.7. The van der Waals surface area contributed by atoms with Gasteiger partial charge in [0.05, 0.1) is 10.6 Å². The molecule has 5 rings (SSSR count). The number of benzene rings is 4. The molecule has 1 heterocycles. The van der Waals surface area contributed by atoms with Gasteiger partial charge in [0.2, 0.25) is 11.8 Å². The van der Waals surface area contributed by atoms with E-state index in [0.29, 0.717) is 22.9 Å². The average molecular weight is 729 g/mol. The van der Waals surface area contributed by atoms with Crippen LogP contribution in [0.5, 0.6) is 11.5 Å². The Kier molecular flexibility index (Phi) is 11.1. The monoisotopic (exact) mass is 727 g/mol. The van der Waals surface area contributed by atoms with Crippen LogP contribution in [0.2, 0.25) is 10.0 Å². The van der Waals surface area contributed by atoms with Crippen LogP contribution in [-0.4, -0.2) is 56.5 Å². The maximum Gasteiger partial charge on any atom is 0.264 e. The molecule has 13 heteroatoms. The van der Waals surface area contributed by atoms with E-state index in [4.69, 9.17) is 32.7 Å². The third-order valence-corrected chi connectivity index (χ3v) is 9.98. The van der Waals surface area contributed by atoms with E-state index in [1.807, 2.05) is 51.1 Å². The molecule has 0 bridgehead atoms. The second kappa shape index (κ2) is 15.1. The Labute approximate surface area is 295 Å². The van der Waals surface area contributed by atoms with Crippen LogP contribution in [0.25, 0.3) is 0 Å². The van der Waals surface area contributed by atoms with Crippen molar-refractivity contribution < 1.29 is 31.9 Å². The Morgan fingerprint density at radius 3 is 2.22 bits per heavy atom. The van der Waals surface area contributed by atoms with Gasteiger partial charge in [-0.1, -0.05) is 59.6 Å². The Balaban J connectivity index is 1.60. The number of sulfonamides is 1. The molecule has 0 fully saturated rings. The van der Waals surface area contributed by atoms with Gasteiger partial charge in [0.15, 0.2) is 11.5 Å². The highest BCUT2D eigenvalue weighted by molar-refractivity contribution is 7.92. The van der Waals surface area contributed by atoms with Gasteiger partial charge in [-0.15, -0.1) is 0 Å². The van der Waals surface area contributed by atoms with Crippen LogP contribution >= 0.6 is 23.2 Å². The number of hydrogen-bond donors (Lipinski definition) is 1. The molecule has 2 amide bonds. The fraction of sp³-hybridized carbons (Fsp3) is 0.278. The Bertz CT molecular complexity index is 1920. The summed E-state index contributed by atoms with van der Waals surface area (Å²) in [5.74, 6) is -1.13. The van der Waals surface area contributed by atoms with E-state index in [-0.39, 0.29) is 40.9 Å². The number of halogens is 3. The standard InChI is InChI=1S/C36H36Cl2FN3O6S/c1-36(2,3)40-35(44)31(19-24-7-5-4-6-8-24)41(22-25-9-10-26(37)20-30(25)38)34(43)23-42(28-13-11-27(39)12-14-28)49(45,46)29-15-16-32-33(21-29)48-18-17-47-32/h4-16,20-21,31H,17-19,22-23H2,1-3H3,(H,40,44)/t31-/m0/s1. The third kappa shape index (κ3) is 9.03. The van der Waals surface area contributed by atoms with Crippen molar-refractivity contribution in [3.63, 3.8) is 0 Å². The number of hydrogen-bond acceptors (Lipinski definition) is 6. The SMILES string of the molecule is CC(C)(C)NC(=O)[C@H](Cc1ccccc1)N(Cc1ccc(Cl)cc1Cl)C(=O)CN(c1ccc(F)cc1)S(=O)(=O)c1ccc2c(c1)OCCO2. The molecule has 4 aromatic rings. The highest BCUT2D eigenvalue weighted by atomic mass is 35.5.